The van der Waals surface area contributed by atoms with Crippen LogP contribution in [0.4, 0.5) is 5.69 Å². The maximum atomic E-state index is 13.1. The molecule has 0 spiro atoms. The van der Waals surface area contributed by atoms with Crippen molar-refractivity contribution in [3.8, 4) is 0 Å². The van der Waals surface area contributed by atoms with Gasteiger partial charge in [-0.2, -0.15) is 4.31 Å². The average molecular weight is 435 g/mol. The molecule has 0 radical (unpaired) electrons. The fraction of sp³-hybridized carbons (Fsp3) is 0.619. The van der Waals surface area contributed by atoms with E-state index in [1.54, 1.807) is 18.2 Å². The summed E-state index contributed by atoms with van der Waals surface area (Å²) >= 11 is 0. The van der Waals surface area contributed by atoms with E-state index in [4.69, 9.17) is 0 Å². The Morgan fingerprint density at radius 1 is 0.933 bits per heavy atom. The minimum absolute atomic E-state index is 0.0380. The fourth-order valence-electron chi connectivity index (χ4n) is 4.41. The third-order valence-electron chi connectivity index (χ3n) is 6.26. The van der Waals surface area contributed by atoms with Gasteiger partial charge in [-0.05, 0) is 43.0 Å². The SMILES string of the molecule is O=C1CCc2cc(S(=O)(=O)N3CCN(CC(=O)N4CCCCCC4)CC3)ccc2N1. The standard InChI is InChI=1S/C21H30N4O4S/c26-20-8-5-17-15-18(6-7-19(17)22-20)30(28,29)25-13-11-23(12-14-25)16-21(27)24-9-3-1-2-4-10-24/h6-7,15H,1-5,8-14,16H2,(H,22,26). The van der Waals surface area contributed by atoms with Crippen LogP contribution in [0.25, 0.3) is 0 Å². The van der Waals surface area contributed by atoms with E-state index >= 15 is 0 Å². The van der Waals surface area contributed by atoms with Crippen molar-refractivity contribution < 1.29 is 18.0 Å². The Hall–Kier alpha value is -1.97. The van der Waals surface area contributed by atoms with Gasteiger partial charge in [0.1, 0.15) is 0 Å². The molecule has 4 rings (SSSR count). The minimum atomic E-state index is -3.59. The minimum Gasteiger partial charge on any atom is -0.342 e. The third kappa shape index (κ3) is 4.68. The van der Waals surface area contributed by atoms with Crippen molar-refractivity contribution in [2.24, 2.45) is 0 Å². The highest BCUT2D eigenvalue weighted by atomic mass is 32.2. The Balaban J connectivity index is 1.35. The number of likely N-dealkylation sites (tertiary alicyclic amines) is 1. The average Bonchev–Trinajstić information content (AvgIpc) is 3.03. The van der Waals surface area contributed by atoms with Crippen LogP contribution in [0.1, 0.15) is 37.7 Å². The van der Waals surface area contributed by atoms with Gasteiger partial charge in [-0.15, -0.1) is 0 Å². The second kappa shape index (κ2) is 9.03. The highest BCUT2D eigenvalue weighted by Crippen LogP contribution is 2.27. The Bertz CT molecular complexity index is 902. The molecular formula is C21H30N4O4S. The Labute approximate surface area is 178 Å². The number of amides is 2. The van der Waals surface area contributed by atoms with E-state index in [0.717, 1.165) is 31.5 Å². The first-order valence-electron chi connectivity index (χ1n) is 10.9. The van der Waals surface area contributed by atoms with Crippen LogP contribution < -0.4 is 5.32 Å². The van der Waals surface area contributed by atoms with Crippen LogP contribution >= 0.6 is 0 Å². The number of aryl methyl sites for hydroxylation is 1. The molecule has 0 saturated carbocycles. The number of piperazine rings is 1. The number of hydrogen-bond donors (Lipinski definition) is 1. The number of fused-ring (bicyclic) bond motifs is 1. The first kappa shape index (κ1) is 21.3. The van der Waals surface area contributed by atoms with Gasteiger partial charge < -0.3 is 10.2 Å². The van der Waals surface area contributed by atoms with Gasteiger partial charge >= 0.3 is 0 Å². The maximum Gasteiger partial charge on any atom is 0.243 e. The van der Waals surface area contributed by atoms with Crippen LogP contribution in [0.2, 0.25) is 0 Å². The maximum absolute atomic E-state index is 13.1. The van der Waals surface area contributed by atoms with E-state index in [9.17, 15) is 18.0 Å². The number of carbonyl (C=O) groups excluding carboxylic acids is 2. The number of nitrogens with zero attached hydrogens (tertiary/aromatic N) is 3. The second-order valence-corrected chi connectivity index (χ2v) is 10.3. The van der Waals surface area contributed by atoms with Crippen molar-refractivity contribution in [3.05, 3.63) is 23.8 Å². The first-order chi connectivity index (χ1) is 14.4. The van der Waals surface area contributed by atoms with Crippen molar-refractivity contribution in [2.45, 2.75) is 43.4 Å². The third-order valence-corrected chi connectivity index (χ3v) is 8.15. The summed E-state index contributed by atoms with van der Waals surface area (Å²) in [7, 11) is -3.59. The molecule has 164 valence electrons. The molecule has 3 aliphatic heterocycles. The molecule has 3 aliphatic rings. The molecule has 8 nitrogen and oxygen atoms in total. The Kier molecular flexibility index (Phi) is 6.40. The molecule has 30 heavy (non-hydrogen) atoms. The number of hydrogen-bond acceptors (Lipinski definition) is 5. The molecule has 0 bridgehead atoms. The van der Waals surface area contributed by atoms with Crippen LogP contribution in [-0.4, -0.2) is 80.2 Å². The van der Waals surface area contributed by atoms with Crippen molar-refractivity contribution in [2.75, 3.05) is 51.1 Å². The molecule has 9 heteroatoms. The van der Waals surface area contributed by atoms with Crippen LogP contribution in [0.5, 0.6) is 0 Å². The van der Waals surface area contributed by atoms with E-state index in [1.807, 2.05) is 4.90 Å². The molecule has 0 aliphatic carbocycles. The monoisotopic (exact) mass is 434 g/mol. The molecule has 2 amide bonds. The van der Waals surface area contributed by atoms with Gasteiger partial charge in [-0.1, -0.05) is 12.8 Å². The molecule has 1 N–H and O–H groups in total. The van der Waals surface area contributed by atoms with Gasteiger partial charge in [0.25, 0.3) is 0 Å². The van der Waals surface area contributed by atoms with Crippen LogP contribution in [-0.2, 0) is 26.0 Å². The van der Waals surface area contributed by atoms with Gasteiger partial charge in [0.05, 0.1) is 11.4 Å². The molecular weight excluding hydrogens is 404 g/mol. The summed E-state index contributed by atoms with van der Waals surface area (Å²) in [5.74, 6) is 0.119. The number of anilines is 1. The summed E-state index contributed by atoms with van der Waals surface area (Å²) in [6, 6.07) is 4.92. The summed E-state index contributed by atoms with van der Waals surface area (Å²) < 4.78 is 27.7. The lowest BCUT2D eigenvalue weighted by Crippen LogP contribution is -2.51. The van der Waals surface area contributed by atoms with E-state index in [1.165, 1.54) is 17.1 Å². The number of sulfonamides is 1. The number of rotatable bonds is 4. The van der Waals surface area contributed by atoms with E-state index < -0.39 is 10.0 Å². The number of nitrogens with one attached hydrogen (secondary N) is 1. The molecule has 0 aromatic heterocycles. The largest absolute Gasteiger partial charge is 0.342 e. The Morgan fingerprint density at radius 2 is 1.63 bits per heavy atom. The van der Waals surface area contributed by atoms with Crippen molar-refractivity contribution >= 4 is 27.5 Å². The fourth-order valence-corrected chi connectivity index (χ4v) is 5.88. The number of carbonyl (C=O) groups is 2. The predicted octanol–water partition coefficient (Wildman–Crippen LogP) is 1.28. The lowest BCUT2D eigenvalue weighted by molar-refractivity contribution is -0.132. The smallest absolute Gasteiger partial charge is 0.243 e. The molecule has 1 aromatic carbocycles. The van der Waals surface area contributed by atoms with Gasteiger partial charge in [0.2, 0.25) is 21.8 Å². The van der Waals surface area contributed by atoms with Gasteiger partial charge in [-0.3, -0.25) is 14.5 Å². The van der Waals surface area contributed by atoms with Crippen molar-refractivity contribution in [3.63, 3.8) is 0 Å². The zero-order chi connectivity index (χ0) is 21.1. The molecule has 3 heterocycles. The Morgan fingerprint density at radius 3 is 2.33 bits per heavy atom. The van der Waals surface area contributed by atoms with Crippen LogP contribution in [0.15, 0.2) is 23.1 Å². The summed E-state index contributed by atoms with van der Waals surface area (Å²) in [5, 5.41) is 2.78. The molecule has 1 aromatic rings. The molecule has 0 unspecified atom stereocenters. The van der Waals surface area contributed by atoms with Gasteiger partial charge in [-0.25, -0.2) is 8.42 Å². The van der Waals surface area contributed by atoms with Crippen LogP contribution in [0, 0.1) is 0 Å². The molecule has 2 saturated heterocycles. The summed E-state index contributed by atoms with van der Waals surface area (Å²) in [6.45, 7) is 3.91. The lowest BCUT2D eigenvalue weighted by Gasteiger charge is -2.34. The van der Waals surface area contributed by atoms with Crippen molar-refractivity contribution in [1.29, 1.82) is 0 Å². The van der Waals surface area contributed by atoms with E-state index in [2.05, 4.69) is 10.2 Å². The summed E-state index contributed by atoms with van der Waals surface area (Å²) in [6.07, 6.45) is 5.45. The van der Waals surface area contributed by atoms with Gasteiger partial charge in [0.15, 0.2) is 0 Å². The lowest BCUT2D eigenvalue weighted by atomic mass is 10.0. The predicted molar refractivity (Wildman–Crippen MR) is 114 cm³/mol. The quantitative estimate of drug-likeness (QED) is 0.771. The zero-order valence-electron chi connectivity index (χ0n) is 17.3. The number of benzene rings is 1. The van der Waals surface area contributed by atoms with Gasteiger partial charge in [0, 0.05) is 51.4 Å². The van der Waals surface area contributed by atoms with E-state index in [0.29, 0.717) is 51.3 Å². The highest BCUT2D eigenvalue weighted by Gasteiger charge is 2.30. The molecule has 2 fully saturated rings. The summed E-state index contributed by atoms with van der Waals surface area (Å²) in [4.78, 5) is 28.4. The highest BCUT2D eigenvalue weighted by molar-refractivity contribution is 7.89. The van der Waals surface area contributed by atoms with Crippen LogP contribution in [0.3, 0.4) is 0 Å². The zero-order valence-corrected chi connectivity index (χ0v) is 18.1. The second-order valence-electron chi connectivity index (χ2n) is 8.34. The summed E-state index contributed by atoms with van der Waals surface area (Å²) in [5.41, 5.74) is 1.56. The normalized spacial score (nSPS) is 21.6. The topological polar surface area (TPSA) is 90.0 Å². The van der Waals surface area contributed by atoms with Crippen molar-refractivity contribution in [1.82, 2.24) is 14.1 Å². The van der Waals surface area contributed by atoms with E-state index in [-0.39, 0.29) is 16.7 Å². The molecule has 0 atom stereocenters. The first-order valence-corrected chi connectivity index (χ1v) is 12.3.